The maximum Gasteiger partial charge on any atom is 0.340 e. The van der Waals surface area contributed by atoms with Gasteiger partial charge in [-0.15, -0.1) is 0 Å². The number of para-hydroxylation sites is 1. The number of aromatic nitrogens is 1. The highest BCUT2D eigenvalue weighted by molar-refractivity contribution is 6.09. The normalized spacial score (nSPS) is 10.8. The Morgan fingerprint density at radius 1 is 1.21 bits per heavy atom. The predicted octanol–water partition coefficient (Wildman–Crippen LogP) is 3.71. The Balaban J connectivity index is 2.29. The summed E-state index contributed by atoms with van der Waals surface area (Å²) in [6, 6.07) is 7.42. The molecule has 1 aromatic heterocycles. The van der Waals surface area contributed by atoms with Gasteiger partial charge in [-0.2, -0.15) is 0 Å². The summed E-state index contributed by atoms with van der Waals surface area (Å²) in [5.74, 6) is 0.0571. The number of methoxy groups -OCH3 is 1. The topological polar surface area (TPSA) is 68.4 Å². The molecule has 0 spiro atoms. The number of aromatic amines is 1. The third-order valence-electron chi connectivity index (χ3n) is 3.72. The second-order valence-corrected chi connectivity index (χ2v) is 5.29. The largest absolute Gasteiger partial charge is 0.496 e. The Labute approximate surface area is 141 Å². The van der Waals surface area contributed by atoms with Gasteiger partial charge in [-0.25, -0.2) is 4.79 Å². The molecule has 0 atom stereocenters. The maximum absolute atomic E-state index is 12.5. The lowest BCUT2D eigenvalue weighted by Crippen LogP contribution is -2.07. The van der Waals surface area contributed by atoms with Crippen molar-refractivity contribution < 1.29 is 19.1 Å². The summed E-state index contributed by atoms with van der Waals surface area (Å²) in [5.41, 5.74) is 2.84. The molecule has 0 saturated heterocycles. The molecule has 5 nitrogen and oxygen atoms in total. The van der Waals surface area contributed by atoms with Crippen molar-refractivity contribution in [1.29, 1.82) is 0 Å². The van der Waals surface area contributed by atoms with Gasteiger partial charge in [0.1, 0.15) is 5.75 Å². The van der Waals surface area contributed by atoms with Crippen molar-refractivity contribution in [3.05, 3.63) is 58.4 Å². The SMILES string of the molecule is CCOC(=O)c1c(C)[nH]c(C(=O)C=Cc2ccccc2OC)c1C. The maximum atomic E-state index is 12.5. The van der Waals surface area contributed by atoms with Gasteiger partial charge in [0.25, 0.3) is 0 Å². The Morgan fingerprint density at radius 2 is 1.92 bits per heavy atom. The number of rotatable bonds is 6. The molecule has 0 saturated carbocycles. The molecule has 0 aliphatic heterocycles. The Morgan fingerprint density at radius 3 is 2.58 bits per heavy atom. The van der Waals surface area contributed by atoms with E-state index in [2.05, 4.69) is 4.98 Å². The third-order valence-corrected chi connectivity index (χ3v) is 3.72. The van der Waals surface area contributed by atoms with E-state index in [4.69, 9.17) is 9.47 Å². The van der Waals surface area contributed by atoms with E-state index in [-0.39, 0.29) is 5.78 Å². The molecule has 24 heavy (non-hydrogen) atoms. The molecule has 0 aliphatic rings. The minimum atomic E-state index is -0.420. The van der Waals surface area contributed by atoms with E-state index in [1.807, 2.05) is 24.3 Å². The number of allylic oxidation sites excluding steroid dienone is 1. The number of hydrogen-bond acceptors (Lipinski definition) is 4. The van der Waals surface area contributed by atoms with Crippen LogP contribution in [0.2, 0.25) is 0 Å². The first-order valence-corrected chi connectivity index (χ1v) is 7.71. The van der Waals surface area contributed by atoms with Crippen molar-refractivity contribution in [2.24, 2.45) is 0 Å². The third kappa shape index (κ3) is 3.56. The number of hydrogen-bond donors (Lipinski definition) is 1. The highest BCUT2D eigenvalue weighted by atomic mass is 16.5. The molecule has 0 fully saturated rings. The van der Waals surface area contributed by atoms with Crippen LogP contribution in [0.15, 0.2) is 30.3 Å². The summed E-state index contributed by atoms with van der Waals surface area (Å²) in [6.07, 6.45) is 3.16. The highest BCUT2D eigenvalue weighted by Gasteiger charge is 2.21. The standard InChI is InChI=1S/C19H21NO4/c1-5-24-19(22)17-12(2)18(20-13(17)3)15(21)11-10-14-8-6-7-9-16(14)23-4/h6-11,20H,5H2,1-4H3. The van der Waals surface area contributed by atoms with E-state index in [1.54, 1.807) is 34.0 Å². The number of ketones is 1. The van der Waals surface area contributed by atoms with Crippen molar-refractivity contribution in [2.45, 2.75) is 20.8 Å². The molecule has 0 radical (unpaired) electrons. The smallest absolute Gasteiger partial charge is 0.340 e. The van der Waals surface area contributed by atoms with Crippen molar-refractivity contribution in [1.82, 2.24) is 4.98 Å². The van der Waals surface area contributed by atoms with E-state index in [1.165, 1.54) is 6.08 Å². The van der Waals surface area contributed by atoms with Gasteiger partial charge in [-0.3, -0.25) is 4.79 Å². The fourth-order valence-electron chi connectivity index (χ4n) is 2.56. The van der Waals surface area contributed by atoms with Gasteiger partial charge in [0, 0.05) is 11.3 Å². The minimum Gasteiger partial charge on any atom is -0.496 e. The summed E-state index contributed by atoms with van der Waals surface area (Å²) < 4.78 is 10.3. The monoisotopic (exact) mass is 327 g/mol. The van der Waals surface area contributed by atoms with E-state index in [0.29, 0.717) is 34.9 Å². The van der Waals surface area contributed by atoms with Crippen molar-refractivity contribution in [3.8, 4) is 5.75 Å². The molecule has 0 aliphatic carbocycles. The lowest BCUT2D eigenvalue weighted by atomic mass is 10.1. The number of esters is 1. The number of benzene rings is 1. The molecule has 0 amide bonds. The van der Waals surface area contributed by atoms with Gasteiger partial charge < -0.3 is 14.5 Å². The zero-order valence-corrected chi connectivity index (χ0v) is 14.3. The first-order chi connectivity index (χ1) is 11.5. The second-order valence-electron chi connectivity index (χ2n) is 5.29. The van der Waals surface area contributed by atoms with Crippen molar-refractivity contribution in [3.63, 3.8) is 0 Å². The molecular weight excluding hydrogens is 306 g/mol. The second kappa shape index (κ2) is 7.64. The van der Waals surface area contributed by atoms with Crippen LogP contribution < -0.4 is 4.74 Å². The Hall–Kier alpha value is -2.82. The molecule has 0 bridgehead atoms. The molecule has 2 rings (SSSR count). The summed E-state index contributed by atoms with van der Waals surface area (Å²) >= 11 is 0. The van der Waals surface area contributed by atoms with Crippen LogP contribution in [0.1, 0.15) is 44.6 Å². The van der Waals surface area contributed by atoms with Crippen LogP contribution >= 0.6 is 0 Å². The van der Waals surface area contributed by atoms with Crippen molar-refractivity contribution >= 4 is 17.8 Å². The summed E-state index contributed by atoms with van der Waals surface area (Å²) in [7, 11) is 1.58. The molecular formula is C19H21NO4. The highest BCUT2D eigenvalue weighted by Crippen LogP contribution is 2.22. The van der Waals surface area contributed by atoms with Crippen LogP contribution in [-0.2, 0) is 4.74 Å². The average molecular weight is 327 g/mol. The predicted molar refractivity (Wildman–Crippen MR) is 92.6 cm³/mol. The molecule has 1 aromatic carbocycles. The molecule has 1 heterocycles. The summed E-state index contributed by atoms with van der Waals surface area (Å²) in [6.45, 7) is 5.52. The van der Waals surface area contributed by atoms with Gasteiger partial charge in [0.15, 0.2) is 0 Å². The molecule has 5 heteroatoms. The van der Waals surface area contributed by atoms with Crippen LogP contribution in [0.5, 0.6) is 5.75 Å². The van der Waals surface area contributed by atoms with Gasteiger partial charge >= 0.3 is 5.97 Å². The van der Waals surface area contributed by atoms with E-state index >= 15 is 0 Å². The summed E-state index contributed by atoms with van der Waals surface area (Å²) in [4.78, 5) is 27.5. The van der Waals surface area contributed by atoms with E-state index < -0.39 is 5.97 Å². The van der Waals surface area contributed by atoms with Gasteiger partial charge in [-0.1, -0.05) is 18.2 Å². The van der Waals surface area contributed by atoms with Crippen LogP contribution in [-0.4, -0.2) is 30.5 Å². The van der Waals surface area contributed by atoms with Gasteiger partial charge in [0.2, 0.25) is 5.78 Å². The number of aryl methyl sites for hydroxylation is 1. The first kappa shape index (κ1) is 17.5. The number of nitrogens with one attached hydrogen (secondary N) is 1. The lowest BCUT2D eigenvalue weighted by Gasteiger charge is -2.03. The number of H-pyrrole nitrogens is 1. The fraction of sp³-hybridized carbons (Fsp3) is 0.263. The lowest BCUT2D eigenvalue weighted by molar-refractivity contribution is 0.0525. The van der Waals surface area contributed by atoms with Crippen LogP contribution in [0.3, 0.4) is 0 Å². The average Bonchev–Trinajstić information content (AvgIpc) is 2.87. The van der Waals surface area contributed by atoms with Crippen LogP contribution in [0, 0.1) is 13.8 Å². The zero-order valence-electron chi connectivity index (χ0n) is 14.3. The number of ether oxygens (including phenoxy) is 2. The van der Waals surface area contributed by atoms with Gasteiger partial charge in [-0.05, 0) is 44.6 Å². The molecule has 2 aromatic rings. The quantitative estimate of drug-likeness (QED) is 0.499. The molecule has 126 valence electrons. The fourth-order valence-corrected chi connectivity index (χ4v) is 2.56. The number of carbonyl (C=O) groups is 2. The van der Waals surface area contributed by atoms with E-state index in [0.717, 1.165) is 5.56 Å². The van der Waals surface area contributed by atoms with Crippen LogP contribution in [0.4, 0.5) is 0 Å². The molecule has 1 N–H and O–H groups in total. The van der Waals surface area contributed by atoms with E-state index in [9.17, 15) is 9.59 Å². The molecule has 0 unspecified atom stereocenters. The number of carbonyl (C=O) groups excluding carboxylic acids is 2. The summed E-state index contributed by atoms with van der Waals surface area (Å²) in [5, 5.41) is 0. The van der Waals surface area contributed by atoms with Gasteiger partial charge in [0.05, 0.1) is 25.0 Å². The first-order valence-electron chi connectivity index (χ1n) is 7.71. The van der Waals surface area contributed by atoms with Crippen LogP contribution in [0.25, 0.3) is 6.08 Å². The Kier molecular flexibility index (Phi) is 5.58. The minimum absolute atomic E-state index is 0.211. The van der Waals surface area contributed by atoms with Crippen molar-refractivity contribution in [2.75, 3.05) is 13.7 Å². The zero-order chi connectivity index (χ0) is 17.7. The Bertz CT molecular complexity index is 787.